The summed E-state index contributed by atoms with van der Waals surface area (Å²) in [5.74, 6) is -1.22. The molecule has 9 nitrogen and oxygen atoms in total. The summed E-state index contributed by atoms with van der Waals surface area (Å²) >= 11 is 0. The third kappa shape index (κ3) is 1.91. The molecular formula is C8H5NO8S2. The molecule has 0 unspecified atom stereocenters. The van der Waals surface area contributed by atoms with Gasteiger partial charge in [-0.1, -0.05) is 4.13 Å². The Bertz CT molecular complexity index is 891. The van der Waals surface area contributed by atoms with Gasteiger partial charge in [-0.2, -0.15) is 8.42 Å². The summed E-state index contributed by atoms with van der Waals surface area (Å²) in [5.41, 5.74) is 0.222. The fourth-order valence-electron chi connectivity index (χ4n) is 1.67. The van der Waals surface area contributed by atoms with Gasteiger partial charge in [0.2, 0.25) is 21.5 Å². The van der Waals surface area contributed by atoms with Crippen molar-refractivity contribution in [2.75, 3.05) is 6.26 Å². The van der Waals surface area contributed by atoms with Gasteiger partial charge in [-0.25, -0.2) is 13.2 Å². The van der Waals surface area contributed by atoms with Crippen LogP contribution in [0.15, 0.2) is 10.5 Å². The summed E-state index contributed by atoms with van der Waals surface area (Å²) in [5, 5.41) is 0. The van der Waals surface area contributed by atoms with Gasteiger partial charge in [0.1, 0.15) is 5.56 Å². The summed E-state index contributed by atoms with van der Waals surface area (Å²) in [6, 6.07) is 1.25. The Morgan fingerprint density at radius 2 is 1.95 bits per heavy atom. The number of benzene rings is 1. The molecule has 0 radical (unpaired) electrons. The van der Waals surface area contributed by atoms with E-state index < -0.39 is 26.3 Å². The van der Waals surface area contributed by atoms with Crippen molar-refractivity contribution in [1.29, 1.82) is 0 Å². The van der Waals surface area contributed by atoms with Gasteiger partial charge in [0.05, 0.1) is 6.26 Å². The minimum absolute atomic E-state index is 0.0234. The minimum atomic E-state index is -4.62. The van der Waals surface area contributed by atoms with Crippen LogP contribution in [0.4, 0.5) is 0 Å². The molecule has 11 heteroatoms. The molecule has 19 heavy (non-hydrogen) atoms. The Kier molecular flexibility index (Phi) is 2.17. The SMILES string of the molecule is CS(=O)(=O)NS(=O)(=O)Oc1c2c3oc1cc3C(=O)O2. The zero-order chi connectivity index (χ0) is 14.0. The maximum absolute atomic E-state index is 11.4. The second-order valence-corrected chi connectivity index (χ2v) is 7.08. The number of furan rings is 2. The largest absolute Gasteiger partial charge is 0.448 e. The Labute approximate surface area is 106 Å². The zero-order valence-electron chi connectivity index (χ0n) is 9.16. The van der Waals surface area contributed by atoms with E-state index in [4.69, 9.17) is 9.15 Å². The van der Waals surface area contributed by atoms with Crippen molar-refractivity contribution in [1.82, 2.24) is 4.13 Å². The van der Waals surface area contributed by atoms with Crippen LogP contribution in [0.2, 0.25) is 0 Å². The lowest BCUT2D eigenvalue weighted by Gasteiger charge is -2.05. The summed E-state index contributed by atoms with van der Waals surface area (Å²) in [6.07, 6.45) is 0.651. The smallest absolute Gasteiger partial charge is 0.396 e. The van der Waals surface area contributed by atoms with E-state index in [2.05, 4.69) is 4.18 Å². The lowest BCUT2D eigenvalue weighted by atomic mass is 10.2. The second-order valence-electron chi connectivity index (χ2n) is 3.79. The molecule has 3 heterocycles. The van der Waals surface area contributed by atoms with Crippen LogP contribution in [-0.2, 0) is 20.3 Å². The molecule has 1 N–H and O–H groups in total. The van der Waals surface area contributed by atoms with Crippen molar-refractivity contribution in [2.45, 2.75) is 0 Å². The van der Waals surface area contributed by atoms with E-state index in [0.717, 1.165) is 0 Å². The molecule has 0 saturated carbocycles. The number of nitrogens with one attached hydrogen (secondary N) is 1. The van der Waals surface area contributed by atoms with Gasteiger partial charge in [-0.15, -0.1) is 0 Å². The molecule has 3 rings (SSSR count). The quantitative estimate of drug-likeness (QED) is 0.754. The van der Waals surface area contributed by atoms with Gasteiger partial charge in [-0.3, -0.25) is 0 Å². The van der Waals surface area contributed by atoms with Crippen LogP contribution in [0, 0.1) is 0 Å². The molecule has 0 aromatic carbocycles. The summed E-state index contributed by atoms with van der Waals surface area (Å²) in [6.45, 7) is 0. The molecule has 2 aromatic heterocycles. The van der Waals surface area contributed by atoms with Crippen LogP contribution in [-0.4, -0.2) is 29.1 Å². The highest BCUT2D eigenvalue weighted by molar-refractivity contribution is 8.02. The van der Waals surface area contributed by atoms with E-state index in [1.165, 1.54) is 10.2 Å². The van der Waals surface area contributed by atoms with Crippen molar-refractivity contribution in [2.24, 2.45) is 0 Å². The molecule has 0 amide bonds. The number of sulfonamides is 1. The fraction of sp³-hybridized carbons (Fsp3) is 0.125. The average Bonchev–Trinajstić information content (AvgIpc) is 2.78. The van der Waals surface area contributed by atoms with Gasteiger partial charge in [0, 0.05) is 6.07 Å². The van der Waals surface area contributed by atoms with Gasteiger partial charge in [-0.05, 0) is 0 Å². The third-order valence-electron chi connectivity index (χ3n) is 2.23. The molecule has 2 aromatic rings. The fourth-order valence-corrected chi connectivity index (χ4v) is 3.67. The summed E-state index contributed by atoms with van der Waals surface area (Å²) < 4.78 is 60.3. The van der Waals surface area contributed by atoms with E-state index in [0.29, 0.717) is 6.26 Å². The molecule has 0 aliphatic carbocycles. The van der Waals surface area contributed by atoms with Crippen LogP contribution in [0.25, 0.3) is 11.2 Å². The summed E-state index contributed by atoms with van der Waals surface area (Å²) in [4.78, 5) is 11.3. The number of rotatable bonds is 4. The number of hydrogen-bond acceptors (Lipinski definition) is 8. The van der Waals surface area contributed by atoms with E-state index in [1.54, 1.807) is 0 Å². The number of carbonyl (C=O) groups is 1. The Hall–Kier alpha value is -1.85. The number of carbonyl (C=O) groups excluding carboxylic acids is 1. The molecule has 1 aliphatic heterocycles. The third-order valence-corrected chi connectivity index (χ3v) is 4.64. The highest BCUT2D eigenvalue weighted by atomic mass is 32.3. The number of fused-ring (bicyclic) bond motifs is 1. The van der Waals surface area contributed by atoms with E-state index in [1.807, 2.05) is 0 Å². The number of esters is 1. The van der Waals surface area contributed by atoms with Crippen LogP contribution in [0.3, 0.4) is 0 Å². The first-order valence-electron chi connectivity index (χ1n) is 4.70. The molecule has 0 saturated heterocycles. The van der Waals surface area contributed by atoms with E-state index >= 15 is 0 Å². The van der Waals surface area contributed by atoms with Crippen LogP contribution >= 0.6 is 0 Å². The molecule has 102 valence electrons. The lowest BCUT2D eigenvalue weighted by molar-refractivity contribution is 0.0752. The standard InChI is InChI=1S/C8H5NO8S2/c1-18(11,12)9-19(13,14)17-6-4-2-3-5(15-4)7(6)16-8(3)10/h2,9H,1H3. The minimum Gasteiger partial charge on any atom is -0.448 e. The van der Waals surface area contributed by atoms with Crippen molar-refractivity contribution in [3.8, 4) is 11.5 Å². The maximum Gasteiger partial charge on any atom is 0.396 e. The van der Waals surface area contributed by atoms with Crippen LogP contribution < -0.4 is 13.0 Å². The van der Waals surface area contributed by atoms with Crippen LogP contribution in [0.5, 0.6) is 11.5 Å². The Balaban J connectivity index is 1.99. The predicted octanol–water partition coefficient (Wildman–Crippen LogP) is -0.424. The molecule has 2 bridgehead atoms. The van der Waals surface area contributed by atoms with Gasteiger partial charge in [0.25, 0.3) is 0 Å². The summed E-state index contributed by atoms with van der Waals surface area (Å²) in [7, 11) is -8.64. The molecular weight excluding hydrogens is 302 g/mol. The van der Waals surface area contributed by atoms with Crippen molar-refractivity contribution in [3.63, 3.8) is 0 Å². The maximum atomic E-state index is 11.4. The normalized spacial score (nSPS) is 15.1. The van der Waals surface area contributed by atoms with Crippen molar-refractivity contribution in [3.05, 3.63) is 11.6 Å². The predicted molar refractivity (Wildman–Crippen MR) is 59.9 cm³/mol. The van der Waals surface area contributed by atoms with Crippen molar-refractivity contribution < 1.29 is 35.0 Å². The van der Waals surface area contributed by atoms with Crippen molar-refractivity contribution >= 4 is 37.5 Å². The highest BCUT2D eigenvalue weighted by Crippen LogP contribution is 2.49. The lowest BCUT2D eigenvalue weighted by Crippen LogP contribution is -2.33. The highest BCUT2D eigenvalue weighted by Gasteiger charge is 2.38. The Morgan fingerprint density at radius 3 is 2.58 bits per heavy atom. The second kappa shape index (κ2) is 3.37. The van der Waals surface area contributed by atoms with Gasteiger partial charge < -0.3 is 13.3 Å². The van der Waals surface area contributed by atoms with E-state index in [9.17, 15) is 21.6 Å². The average molecular weight is 307 g/mol. The number of ether oxygens (including phenoxy) is 1. The Morgan fingerprint density at radius 1 is 1.26 bits per heavy atom. The monoisotopic (exact) mass is 307 g/mol. The molecule has 1 aliphatic rings. The molecule has 0 spiro atoms. The topological polar surface area (TPSA) is 129 Å². The first kappa shape index (κ1) is 12.2. The molecule has 0 fully saturated rings. The number of hydrogen-bond donors (Lipinski definition) is 1. The zero-order valence-corrected chi connectivity index (χ0v) is 10.8. The van der Waals surface area contributed by atoms with Gasteiger partial charge >= 0.3 is 16.3 Å². The van der Waals surface area contributed by atoms with Gasteiger partial charge in [0.15, 0.2) is 11.2 Å². The molecule has 0 atom stereocenters. The first-order valence-corrected chi connectivity index (χ1v) is 8.00. The van der Waals surface area contributed by atoms with E-state index in [-0.39, 0.29) is 28.2 Å². The first-order chi connectivity index (χ1) is 8.66. The van der Waals surface area contributed by atoms with Crippen LogP contribution in [0.1, 0.15) is 10.4 Å².